The summed E-state index contributed by atoms with van der Waals surface area (Å²) in [4.78, 5) is 11.1. The van der Waals surface area contributed by atoms with Crippen molar-refractivity contribution in [1.29, 1.82) is 5.26 Å². The van der Waals surface area contributed by atoms with Gasteiger partial charge in [-0.15, -0.1) is 0 Å². The minimum Gasteiger partial charge on any atom is -0.365 e. The van der Waals surface area contributed by atoms with Crippen LogP contribution in [0.3, 0.4) is 0 Å². The molecule has 0 radical (unpaired) electrons. The van der Waals surface area contributed by atoms with Gasteiger partial charge in [0.25, 0.3) is 5.91 Å². The number of hydrogen-bond acceptors (Lipinski definition) is 3. The minimum absolute atomic E-state index is 0.0603. The molecule has 0 fully saturated rings. The highest BCUT2D eigenvalue weighted by Crippen LogP contribution is 2.34. The van der Waals surface area contributed by atoms with Gasteiger partial charge >= 0.3 is 6.18 Å². The quantitative estimate of drug-likeness (QED) is 0.939. The van der Waals surface area contributed by atoms with E-state index in [9.17, 15) is 18.0 Å². The first-order valence-corrected chi connectivity index (χ1v) is 6.23. The summed E-state index contributed by atoms with van der Waals surface area (Å²) >= 11 is 5.59. The van der Waals surface area contributed by atoms with Crippen molar-refractivity contribution in [2.24, 2.45) is 5.73 Å². The summed E-state index contributed by atoms with van der Waals surface area (Å²) in [5.41, 5.74) is 3.67. The van der Waals surface area contributed by atoms with Gasteiger partial charge in [-0.1, -0.05) is 17.7 Å². The van der Waals surface area contributed by atoms with E-state index in [2.05, 4.69) is 5.10 Å². The Bertz CT molecular complexity index is 777. The van der Waals surface area contributed by atoms with Crippen molar-refractivity contribution in [3.63, 3.8) is 0 Å². The summed E-state index contributed by atoms with van der Waals surface area (Å²) in [7, 11) is 0. The van der Waals surface area contributed by atoms with Gasteiger partial charge < -0.3 is 5.73 Å². The first kappa shape index (κ1) is 15.9. The minimum atomic E-state index is -4.60. The Labute approximate surface area is 127 Å². The Kier molecular flexibility index (Phi) is 4.10. The van der Waals surface area contributed by atoms with Gasteiger partial charge in [0, 0.05) is 5.02 Å². The van der Waals surface area contributed by atoms with Crippen LogP contribution in [0.4, 0.5) is 13.2 Å². The van der Waals surface area contributed by atoms with E-state index in [1.54, 1.807) is 6.07 Å². The van der Waals surface area contributed by atoms with Crippen molar-refractivity contribution in [3.05, 3.63) is 51.8 Å². The molecule has 2 rings (SSSR count). The molecule has 0 saturated carbocycles. The third kappa shape index (κ3) is 3.04. The fraction of sp³-hybridized carbons (Fsp3) is 0.154. The Morgan fingerprint density at radius 3 is 2.68 bits per heavy atom. The van der Waals surface area contributed by atoms with Gasteiger partial charge in [-0.3, -0.25) is 4.79 Å². The summed E-state index contributed by atoms with van der Waals surface area (Å²) in [5.74, 6) is -0.880. The van der Waals surface area contributed by atoms with Crippen LogP contribution in [0, 0.1) is 11.3 Å². The predicted molar refractivity (Wildman–Crippen MR) is 71.0 cm³/mol. The lowest BCUT2D eigenvalue weighted by Gasteiger charge is -2.13. The largest absolute Gasteiger partial charge is 0.416 e. The molecule has 1 aromatic heterocycles. The average Bonchev–Trinajstić information content (AvgIpc) is 2.82. The molecule has 0 unspecified atom stereocenters. The summed E-state index contributed by atoms with van der Waals surface area (Å²) in [6.07, 6.45) is -3.56. The topological polar surface area (TPSA) is 84.7 Å². The molecule has 22 heavy (non-hydrogen) atoms. The maximum absolute atomic E-state index is 13.0. The summed E-state index contributed by atoms with van der Waals surface area (Å²) in [6.45, 7) is -0.345. The van der Waals surface area contributed by atoms with Crippen LogP contribution < -0.4 is 5.73 Å². The van der Waals surface area contributed by atoms with E-state index in [1.165, 1.54) is 12.1 Å². The van der Waals surface area contributed by atoms with E-state index in [1.807, 2.05) is 0 Å². The zero-order chi connectivity index (χ0) is 16.5. The standard InChI is InChI=1S/C13H8ClF3N4O/c14-8-2-1-7(10(3-8)13(15,16)17)6-21-11(4-18)9(5-20-21)12(19)22/h1-3,5H,6H2,(H2,19,22). The maximum atomic E-state index is 13.0. The van der Waals surface area contributed by atoms with Crippen molar-refractivity contribution in [3.8, 4) is 6.07 Å². The number of primary amides is 1. The molecular weight excluding hydrogens is 321 g/mol. The molecular formula is C13H8ClF3N4O. The Morgan fingerprint density at radius 1 is 1.45 bits per heavy atom. The highest BCUT2D eigenvalue weighted by atomic mass is 35.5. The SMILES string of the molecule is N#Cc1c(C(N)=O)cnn1Cc1ccc(Cl)cc1C(F)(F)F. The lowest BCUT2D eigenvalue weighted by Crippen LogP contribution is -2.15. The molecule has 0 aliphatic heterocycles. The summed E-state index contributed by atoms with van der Waals surface area (Å²) < 4.78 is 40.0. The van der Waals surface area contributed by atoms with Crippen molar-refractivity contribution in [1.82, 2.24) is 9.78 Å². The van der Waals surface area contributed by atoms with E-state index < -0.39 is 17.6 Å². The van der Waals surface area contributed by atoms with Crippen molar-refractivity contribution in [2.75, 3.05) is 0 Å². The maximum Gasteiger partial charge on any atom is 0.416 e. The molecule has 9 heteroatoms. The molecule has 0 atom stereocenters. The smallest absolute Gasteiger partial charge is 0.365 e. The molecule has 0 bridgehead atoms. The van der Waals surface area contributed by atoms with Crippen LogP contribution >= 0.6 is 11.6 Å². The number of aromatic nitrogens is 2. The zero-order valence-corrected chi connectivity index (χ0v) is 11.6. The van der Waals surface area contributed by atoms with E-state index in [0.717, 1.165) is 16.9 Å². The second kappa shape index (κ2) is 5.69. The van der Waals surface area contributed by atoms with Gasteiger partial charge in [-0.25, -0.2) is 4.68 Å². The van der Waals surface area contributed by atoms with Crippen molar-refractivity contribution < 1.29 is 18.0 Å². The number of amides is 1. The molecule has 1 heterocycles. The number of nitrogens with two attached hydrogens (primary N) is 1. The first-order chi connectivity index (χ1) is 10.2. The van der Waals surface area contributed by atoms with Gasteiger partial charge in [-0.05, 0) is 17.7 Å². The Balaban J connectivity index is 2.49. The second-order valence-electron chi connectivity index (χ2n) is 4.34. The van der Waals surface area contributed by atoms with E-state index in [4.69, 9.17) is 22.6 Å². The van der Waals surface area contributed by atoms with Crippen LogP contribution in [-0.4, -0.2) is 15.7 Å². The molecule has 0 aliphatic carbocycles. The van der Waals surface area contributed by atoms with Crippen molar-refractivity contribution in [2.45, 2.75) is 12.7 Å². The Hall–Kier alpha value is -2.53. The zero-order valence-electron chi connectivity index (χ0n) is 10.9. The highest BCUT2D eigenvalue weighted by Gasteiger charge is 2.33. The third-order valence-electron chi connectivity index (χ3n) is 2.91. The molecule has 5 nitrogen and oxygen atoms in total. The van der Waals surface area contributed by atoms with Gasteiger partial charge in [0.2, 0.25) is 0 Å². The molecule has 2 N–H and O–H groups in total. The first-order valence-electron chi connectivity index (χ1n) is 5.85. The van der Waals surface area contributed by atoms with Crippen molar-refractivity contribution >= 4 is 17.5 Å². The fourth-order valence-corrected chi connectivity index (χ4v) is 2.09. The van der Waals surface area contributed by atoms with E-state index in [0.29, 0.717) is 0 Å². The molecule has 1 amide bonds. The number of nitrogens with zero attached hydrogens (tertiary/aromatic N) is 3. The van der Waals surface area contributed by atoms with E-state index >= 15 is 0 Å². The van der Waals surface area contributed by atoms with Crippen LogP contribution in [0.5, 0.6) is 0 Å². The molecule has 0 saturated heterocycles. The van der Waals surface area contributed by atoms with E-state index in [-0.39, 0.29) is 28.4 Å². The molecule has 114 valence electrons. The van der Waals surface area contributed by atoms with Crippen LogP contribution in [0.25, 0.3) is 0 Å². The van der Waals surface area contributed by atoms with Crippen LogP contribution in [0.2, 0.25) is 5.02 Å². The number of nitriles is 1. The van der Waals surface area contributed by atoms with Gasteiger partial charge in [0.15, 0.2) is 5.69 Å². The monoisotopic (exact) mass is 328 g/mol. The number of alkyl halides is 3. The van der Waals surface area contributed by atoms with Crippen LogP contribution in [-0.2, 0) is 12.7 Å². The highest BCUT2D eigenvalue weighted by molar-refractivity contribution is 6.30. The average molecular weight is 329 g/mol. The summed E-state index contributed by atoms with van der Waals surface area (Å²) in [6, 6.07) is 5.00. The second-order valence-corrected chi connectivity index (χ2v) is 4.78. The molecule has 1 aromatic carbocycles. The van der Waals surface area contributed by atoms with Crippen LogP contribution in [0.15, 0.2) is 24.4 Å². The predicted octanol–water partition coefficient (Wildman–Crippen LogP) is 2.57. The number of benzene rings is 1. The number of carbonyl (C=O) groups excluding carboxylic acids is 1. The third-order valence-corrected chi connectivity index (χ3v) is 3.14. The molecule has 2 aromatic rings. The lowest BCUT2D eigenvalue weighted by atomic mass is 10.1. The molecule has 0 aliphatic rings. The summed E-state index contributed by atoms with van der Waals surface area (Å²) in [5, 5.41) is 12.7. The van der Waals surface area contributed by atoms with Crippen LogP contribution in [0.1, 0.15) is 27.2 Å². The normalized spacial score (nSPS) is 11.2. The van der Waals surface area contributed by atoms with Gasteiger partial charge in [-0.2, -0.15) is 23.5 Å². The number of hydrogen-bond donors (Lipinski definition) is 1. The lowest BCUT2D eigenvalue weighted by molar-refractivity contribution is -0.138. The Morgan fingerprint density at radius 2 is 2.14 bits per heavy atom. The number of rotatable bonds is 3. The number of halogens is 4. The van der Waals surface area contributed by atoms with Gasteiger partial charge in [0.1, 0.15) is 6.07 Å². The number of carbonyl (C=O) groups is 1. The van der Waals surface area contributed by atoms with Gasteiger partial charge in [0.05, 0.1) is 23.9 Å². The fourth-order valence-electron chi connectivity index (χ4n) is 1.92. The molecule has 0 spiro atoms.